The molecule has 3 heterocycles. The molecule has 13 rings (SSSR count). The molecule has 0 fully saturated rings. The van der Waals surface area contributed by atoms with E-state index in [1.165, 1.54) is 10.8 Å². The summed E-state index contributed by atoms with van der Waals surface area (Å²) in [6.07, 6.45) is 0. The summed E-state index contributed by atoms with van der Waals surface area (Å²) in [6, 6.07) is 82.6. The Morgan fingerprint density at radius 1 is 0.324 bits per heavy atom. The van der Waals surface area contributed by atoms with Crippen LogP contribution in [0.2, 0.25) is 0 Å². The Hall–Kier alpha value is -9.44. The lowest BCUT2D eigenvalue weighted by Gasteiger charge is -2.14. The summed E-state index contributed by atoms with van der Waals surface area (Å²) in [5, 5.41) is 18.0. The Morgan fingerprint density at radius 3 is 1.47 bits per heavy atom. The van der Waals surface area contributed by atoms with Crippen LogP contribution < -0.4 is 0 Å². The van der Waals surface area contributed by atoms with Gasteiger partial charge in [0.15, 0.2) is 17.5 Å². The number of para-hydroxylation sites is 2. The summed E-state index contributed by atoms with van der Waals surface area (Å²) < 4.78 is 4.67. The van der Waals surface area contributed by atoms with Crippen LogP contribution in [0.25, 0.3) is 122 Å². The number of fused-ring (bicyclic) bond motifs is 8. The molecule has 0 N–H and O–H groups in total. The van der Waals surface area contributed by atoms with E-state index < -0.39 is 0 Å². The predicted molar refractivity (Wildman–Crippen MR) is 278 cm³/mol. The third-order valence-electron chi connectivity index (χ3n) is 13.2. The van der Waals surface area contributed by atoms with E-state index in [0.29, 0.717) is 28.6 Å². The number of rotatable bonds is 7. The van der Waals surface area contributed by atoms with Crippen molar-refractivity contribution in [2.75, 3.05) is 0 Å². The molecule has 0 bridgehead atoms. The van der Waals surface area contributed by atoms with E-state index in [9.17, 15) is 5.26 Å². The second kappa shape index (κ2) is 15.9. The van der Waals surface area contributed by atoms with Crippen LogP contribution in [0, 0.1) is 11.3 Å². The van der Waals surface area contributed by atoms with Gasteiger partial charge in [-0.25, -0.2) is 15.0 Å². The van der Waals surface area contributed by atoms with Gasteiger partial charge in [-0.2, -0.15) is 5.26 Å². The minimum absolute atomic E-state index is 0.478. The lowest BCUT2D eigenvalue weighted by molar-refractivity contribution is 1.07. The molecule has 0 unspecified atom stereocenters. The van der Waals surface area contributed by atoms with Crippen molar-refractivity contribution in [1.29, 1.82) is 5.26 Å². The highest BCUT2D eigenvalue weighted by molar-refractivity contribution is 6.26. The van der Waals surface area contributed by atoms with Gasteiger partial charge in [-0.15, -0.1) is 0 Å². The quantitative estimate of drug-likeness (QED) is 0.160. The van der Waals surface area contributed by atoms with Crippen molar-refractivity contribution in [3.63, 3.8) is 0 Å². The van der Waals surface area contributed by atoms with E-state index in [2.05, 4.69) is 173 Å². The summed E-state index contributed by atoms with van der Waals surface area (Å²) >= 11 is 0. The number of nitrogens with zero attached hydrogens (tertiary/aromatic N) is 6. The summed E-state index contributed by atoms with van der Waals surface area (Å²) in [4.78, 5) is 15.5. The van der Waals surface area contributed by atoms with E-state index in [-0.39, 0.29) is 0 Å². The SMILES string of the molecule is N#Cc1cc(-c2nc(-c3cccc(-c4ccccc4)c3)nc(-c3cccc(-c4ccccc4)c3)n2)ccc1-n1c2ccccc2c2ccc3c(c4ccccc4n3-c3cccc4ccccc34)c21. The molecule has 0 aliphatic carbocycles. The van der Waals surface area contributed by atoms with E-state index in [1.54, 1.807) is 0 Å². The van der Waals surface area contributed by atoms with Gasteiger partial charge in [0.2, 0.25) is 0 Å². The Bertz CT molecular complexity index is 4050. The van der Waals surface area contributed by atoms with Crippen LogP contribution in [0.4, 0.5) is 0 Å². The van der Waals surface area contributed by atoms with Crippen LogP contribution in [0.15, 0.2) is 231 Å². The molecule has 68 heavy (non-hydrogen) atoms. The highest BCUT2D eigenvalue weighted by Gasteiger charge is 2.23. The summed E-state index contributed by atoms with van der Waals surface area (Å²) in [7, 11) is 0. The minimum atomic E-state index is 0.478. The zero-order chi connectivity index (χ0) is 45.1. The van der Waals surface area contributed by atoms with Crippen LogP contribution >= 0.6 is 0 Å². The van der Waals surface area contributed by atoms with Crippen LogP contribution in [0.5, 0.6) is 0 Å². The fraction of sp³-hybridized carbons (Fsp3) is 0. The zero-order valence-corrected chi connectivity index (χ0v) is 36.6. The molecular weight excluding hydrogens is 829 g/mol. The van der Waals surface area contributed by atoms with Gasteiger partial charge < -0.3 is 9.13 Å². The van der Waals surface area contributed by atoms with Crippen LogP contribution in [-0.4, -0.2) is 24.1 Å². The average Bonchev–Trinajstić information content (AvgIpc) is 3.94. The van der Waals surface area contributed by atoms with E-state index >= 15 is 0 Å². The monoisotopic (exact) mass is 866 g/mol. The van der Waals surface area contributed by atoms with Crippen molar-refractivity contribution in [1.82, 2.24) is 24.1 Å². The maximum Gasteiger partial charge on any atom is 0.164 e. The zero-order valence-electron chi connectivity index (χ0n) is 36.6. The van der Waals surface area contributed by atoms with Crippen LogP contribution in [0.1, 0.15) is 5.56 Å². The Kier molecular flexibility index (Phi) is 9.12. The first-order valence-corrected chi connectivity index (χ1v) is 22.7. The van der Waals surface area contributed by atoms with Crippen molar-refractivity contribution in [2.24, 2.45) is 0 Å². The van der Waals surface area contributed by atoms with Gasteiger partial charge >= 0.3 is 0 Å². The normalized spacial score (nSPS) is 11.5. The van der Waals surface area contributed by atoms with Crippen molar-refractivity contribution in [3.05, 3.63) is 236 Å². The first-order chi connectivity index (χ1) is 33.7. The molecule has 316 valence electrons. The van der Waals surface area contributed by atoms with Crippen molar-refractivity contribution < 1.29 is 0 Å². The van der Waals surface area contributed by atoms with Gasteiger partial charge in [-0.1, -0.05) is 176 Å². The molecule has 0 aliphatic rings. The van der Waals surface area contributed by atoms with Crippen molar-refractivity contribution in [3.8, 4) is 73.9 Å². The maximum atomic E-state index is 11.2. The molecular formula is C62H38N6. The molecule has 6 heteroatoms. The van der Waals surface area contributed by atoms with Crippen LogP contribution in [0.3, 0.4) is 0 Å². The molecule has 6 nitrogen and oxygen atoms in total. The fourth-order valence-corrected chi connectivity index (χ4v) is 10.1. The highest BCUT2D eigenvalue weighted by Crippen LogP contribution is 2.43. The van der Waals surface area contributed by atoms with Gasteiger partial charge in [-0.05, 0) is 82.2 Å². The Morgan fingerprint density at radius 2 is 0.824 bits per heavy atom. The fourth-order valence-electron chi connectivity index (χ4n) is 10.1. The molecule has 0 atom stereocenters. The smallest absolute Gasteiger partial charge is 0.164 e. The molecule has 0 saturated heterocycles. The van der Waals surface area contributed by atoms with E-state index in [0.717, 1.165) is 88.4 Å². The molecule has 0 spiro atoms. The van der Waals surface area contributed by atoms with E-state index in [1.807, 2.05) is 72.8 Å². The molecule has 0 radical (unpaired) electrons. The first-order valence-electron chi connectivity index (χ1n) is 22.7. The maximum absolute atomic E-state index is 11.2. The average molecular weight is 867 g/mol. The molecule has 0 aliphatic heterocycles. The largest absolute Gasteiger partial charge is 0.309 e. The van der Waals surface area contributed by atoms with Gasteiger partial charge in [0.25, 0.3) is 0 Å². The topological polar surface area (TPSA) is 72.3 Å². The first kappa shape index (κ1) is 39.0. The number of hydrogen-bond donors (Lipinski definition) is 0. The summed E-state index contributed by atoms with van der Waals surface area (Å²) in [6.45, 7) is 0. The predicted octanol–water partition coefficient (Wildman–Crippen LogP) is 15.4. The molecule has 13 aromatic rings. The third-order valence-corrected chi connectivity index (χ3v) is 13.2. The lowest BCUT2D eigenvalue weighted by Crippen LogP contribution is -2.02. The van der Waals surface area contributed by atoms with Gasteiger partial charge in [0.05, 0.1) is 39.0 Å². The van der Waals surface area contributed by atoms with Crippen molar-refractivity contribution >= 4 is 54.4 Å². The van der Waals surface area contributed by atoms with Gasteiger partial charge in [-0.3, -0.25) is 0 Å². The number of nitriles is 1. The second-order valence-corrected chi connectivity index (χ2v) is 17.1. The molecule has 10 aromatic carbocycles. The number of benzene rings is 10. The Labute approximate surface area is 391 Å². The second-order valence-electron chi connectivity index (χ2n) is 17.1. The summed E-state index contributed by atoms with van der Waals surface area (Å²) in [5.74, 6) is 1.57. The van der Waals surface area contributed by atoms with Crippen LogP contribution in [-0.2, 0) is 0 Å². The van der Waals surface area contributed by atoms with Crippen molar-refractivity contribution in [2.45, 2.75) is 0 Å². The Balaban J connectivity index is 1.02. The summed E-state index contributed by atoms with van der Waals surface area (Å²) in [5.41, 5.74) is 13.4. The molecule has 0 amide bonds. The lowest BCUT2D eigenvalue weighted by atomic mass is 10.0. The minimum Gasteiger partial charge on any atom is -0.309 e. The van der Waals surface area contributed by atoms with Gasteiger partial charge in [0.1, 0.15) is 6.07 Å². The standard InChI is InChI=1S/C62H38N6/c63-39-48-38-47(62-65-60(45-24-13-22-43(36-45)40-16-3-1-4-17-40)64-61(66-62)46-25-14-23-44(37-46)41-18-5-2-6-19-41)32-34-53(48)68-55-29-11-9-27-50(55)51-33-35-57-58(59(51)68)52-28-10-12-30-56(52)67(57)54-31-15-21-42-20-7-8-26-49(42)54/h1-38H. The molecule has 0 saturated carbocycles. The highest BCUT2D eigenvalue weighted by atomic mass is 15.0. The number of aromatic nitrogens is 5. The third kappa shape index (κ3) is 6.37. The molecule has 3 aromatic heterocycles. The van der Waals surface area contributed by atoms with E-state index in [4.69, 9.17) is 15.0 Å². The van der Waals surface area contributed by atoms with Gasteiger partial charge in [0, 0.05) is 43.6 Å². The number of hydrogen-bond acceptors (Lipinski definition) is 4.